The van der Waals surface area contributed by atoms with E-state index in [2.05, 4.69) is 46.2 Å². The summed E-state index contributed by atoms with van der Waals surface area (Å²) in [6, 6.07) is 10.1. The maximum Gasteiger partial charge on any atom is 0.252 e. The van der Waals surface area contributed by atoms with Crippen molar-refractivity contribution >= 4 is 23.8 Å². The molecule has 1 aliphatic heterocycles. The van der Waals surface area contributed by atoms with E-state index in [1.165, 1.54) is 6.21 Å². The zero-order valence-electron chi connectivity index (χ0n) is 19.4. The third-order valence-corrected chi connectivity index (χ3v) is 7.01. The molecule has 0 spiro atoms. The predicted molar refractivity (Wildman–Crippen MR) is 130 cm³/mol. The molecule has 2 aliphatic carbocycles. The highest BCUT2D eigenvalue weighted by molar-refractivity contribution is 6.11. The van der Waals surface area contributed by atoms with Crippen molar-refractivity contribution in [2.45, 2.75) is 38.4 Å². The number of amides is 2. The van der Waals surface area contributed by atoms with Gasteiger partial charge in [0, 0.05) is 32.3 Å². The number of hydrazone groups is 1. The van der Waals surface area contributed by atoms with Gasteiger partial charge in [-0.1, -0.05) is 30.8 Å². The summed E-state index contributed by atoms with van der Waals surface area (Å²) in [7, 11) is 1.85. The Morgan fingerprint density at radius 3 is 2.82 bits per heavy atom. The van der Waals surface area contributed by atoms with Crippen molar-refractivity contribution < 1.29 is 9.59 Å². The number of carbonyl (C=O) groups is 2. The third kappa shape index (κ3) is 4.53. The minimum absolute atomic E-state index is 0.0872. The number of likely N-dealkylation sites (tertiary alicyclic amines) is 1. The van der Waals surface area contributed by atoms with E-state index in [-0.39, 0.29) is 11.9 Å². The van der Waals surface area contributed by atoms with Crippen LogP contribution in [0, 0.1) is 11.8 Å². The number of anilines is 1. The molecule has 8 nitrogen and oxygen atoms in total. The molecular weight excluding hydrogens is 428 g/mol. The molecule has 1 aromatic carbocycles. The van der Waals surface area contributed by atoms with Crippen LogP contribution in [0.4, 0.5) is 5.82 Å². The Morgan fingerprint density at radius 1 is 1.32 bits per heavy atom. The molecule has 176 valence electrons. The lowest BCUT2D eigenvalue weighted by molar-refractivity contribution is -0.130. The highest BCUT2D eigenvalue weighted by Crippen LogP contribution is 2.46. The monoisotopic (exact) mass is 458 g/mol. The molecule has 1 saturated carbocycles. The van der Waals surface area contributed by atoms with E-state index >= 15 is 0 Å². The van der Waals surface area contributed by atoms with Gasteiger partial charge in [-0.2, -0.15) is 5.10 Å². The van der Waals surface area contributed by atoms with E-state index in [4.69, 9.17) is 5.73 Å². The van der Waals surface area contributed by atoms with Crippen LogP contribution in [0.2, 0.25) is 0 Å². The summed E-state index contributed by atoms with van der Waals surface area (Å²) in [4.78, 5) is 30.9. The molecule has 2 amide bonds. The lowest BCUT2D eigenvalue weighted by Crippen LogP contribution is -2.29. The van der Waals surface area contributed by atoms with Crippen LogP contribution in [0.1, 0.15) is 41.1 Å². The normalized spacial score (nSPS) is 22.6. The van der Waals surface area contributed by atoms with Crippen LogP contribution in [0.5, 0.6) is 0 Å². The number of nitrogens with one attached hydrogen (secondary N) is 1. The van der Waals surface area contributed by atoms with Gasteiger partial charge in [0.25, 0.3) is 5.91 Å². The molecule has 34 heavy (non-hydrogen) atoms. The van der Waals surface area contributed by atoms with Gasteiger partial charge in [0.1, 0.15) is 5.82 Å². The molecule has 1 aromatic heterocycles. The van der Waals surface area contributed by atoms with Gasteiger partial charge in [0.05, 0.1) is 24.4 Å². The van der Waals surface area contributed by atoms with Gasteiger partial charge in [0.2, 0.25) is 5.91 Å². The first-order valence-electron chi connectivity index (χ1n) is 11.7. The van der Waals surface area contributed by atoms with Crippen LogP contribution in [0.15, 0.2) is 53.8 Å². The van der Waals surface area contributed by atoms with E-state index in [0.29, 0.717) is 42.2 Å². The largest absolute Gasteiger partial charge is 0.383 e. The second-order valence-electron chi connectivity index (χ2n) is 9.55. The average Bonchev–Trinajstić information content (AvgIpc) is 3.37. The smallest absolute Gasteiger partial charge is 0.252 e. The maximum atomic E-state index is 12.6. The number of hydrogen-bond donors (Lipinski definition) is 2. The number of aromatic nitrogens is 1. The first kappa shape index (κ1) is 22.1. The number of piperidine rings is 1. The minimum atomic E-state index is -0.246. The zero-order valence-corrected chi connectivity index (χ0v) is 19.4. The van der Waals surface area contributed by atoms with E-state index in [0.717, 1.165) is 48.1 Å². The number of nitrogens with zero attached hydrogens (tertiary/aromatic N) is 4. The van der Waals surface area contributed by atoms with Crippen molar-refractivity contribution in [2.24, 2.45) is 16.9 Å². The van der Waals surface area contributed by atoms with Gasteiger partial charge >= 0.3 is 0 Å². The standard InChI is InChI=1S/C26H30N6O2/c1-16(25(33)30-23-8-7-21-20(23)9-10-28-24(21)27)12-29-31(2)13-17-3-5-18(6-4-17)14-32-15-19-11-22(19)26(32)34/h3-6,9-10,12,19,22-23H,1,7-8,11,13-15H2,2H3,(H2,27,28)(H,30,33)/b29-12-/t19-,22-,23?/m0/s1. The Kier molecular flexibility index (Phi) is 5.81. The van der Waals surface area contributed by atoms with Crippen LogP contribution in [0.3, 0.4) is 0 Å². The molecule has 2 aromatic rings. The van der Waals surface area contributed by atoms with Gasteiger partial charge in [-0.25, -0.2) is 4.98 Å². The first-order valence-corrected chi connectivity index (χ1v) is 11.7. The molecular formula is C26H30N6O2. The van der Waals surface area contributed by atoms with Gasteiger partial charge in [-0.15, -0.1) is 0 Å². The number of hydrogen-bond acceptors (Lipinski definition) is 6. The number of fused-ring (bicyclic) bond motifs is 2. The van der Waals surface area contributed by atoms with E-state index < -0.39 is 0 Å². The van der Waals surface area contributed by atoms with Gasteiger partial charge in [0.15, 0.2) is 0 Å². The van der Waals surface area contributed by atoms with Crippen LogP contribution >= 0.6 is 0 Å². The second kappa shape index (κ2) is 8.93. The molecule has 0 bridgehead atoms. The summed E-state index contributed by atoms with van der Waals surface area (Å²) in [6.07, 6.45) is 5.84. The predicted octanol–water partition coefficient (Wildman–Crippen LogP) is 2.42. The minimum Gasteiger partial charge on any atom is -0.383 e. The number of nitrogens with two attached hydrogens (primary N) is 1. The third-order valence-electron chi connectivity index (χ3n) is 7.01. The van der Waals surface area contributed by atoms with Gasteiger partial charge in [-0.05, 0) is 53.5 Å². The van der Waals surface area contributed by atoms with Gasteiger partial charge < -0.3 is 16.0 Å². The summed E-state index contributed by atoms with van der Waals surface area (Å²) in [5.41, 5.74) is 10.5. The highest BCUT2D eigenvalue weighted by atomic mass is 16.2. The Bertz CT molecular complexity index is 1160. The molecule has 3 aliphatic rings. The molecule has 1 saturated heterocycles. The Labute approximate surface area is 199 Å². The summed E-state index contributed by atoms with van der Waals surface area (Å²) in [5.74, 6) is 1.49. The number of benzene rings is 1. The van der Waals surface area contributed by atoms with Crippen LogP contribution < -0.4 is 11.1 Å². The summed E-state index contributed by atoms with van der Waals surface area (Å²) >= 11 is 0. The van der Waals surface area contributed by atoms with E-state index in [1.54, 1.807) is 11.2 Å². The fraction of sp³-hybridized carbons (Fsp3) is 0.385. The number of pyridine rings is 1. The number of carbonyl (C=O) groups excluding carboxylic acids is 2. The lowest BCUT2D eigenvalue weighted by atomic mass is 10.1. The topological polar surface area (TPSA) is 104 Å². The number of nitrogen functional groups attached to an aromatic ring is 1. The first-order chi connectivity index (χ1) is 16.4. The Morgan fingerprint density at radius 2 is 2.09 bits per heavy atom. The Balaban J connectivity index is 1.10. The average molecular weight is 459 g/mol. The molecule has 5 rings (SSSR count). The molecule has 0 radical (unpaired) electrons. The highest BCUT2D eigenvalue weighted by Gasteiger charge is 2.51. The quantitative estimate of drug-likeness (QED) is 0.359. The summed E-state index contributed by atoms with van der Waals surface area (Å²) < 4.78 is 0. The van der Waals surface area contributed by atoms with Crippen LogP contribution in [0.25, 0.3) is 0 Å². The molecule has 1 unspecified atom stereocenters. The fourth-order valence-electron chi connectivity index (χ4n) is 4.97. The molecule has 8 heteroatoms. The van der Waals surface area contributed by atoms with Crippen LogP contribution in [-0.4, -0.2) is 46.5 Å². The second-order valence-corrected chi connectivity index (χ2v) is 9.55. The molecule has 3 N–H and O–H groups in total. The molecule has 2 fully saturated rings. The van der Waals surface area contributed by atoms with Crippen molar-refractivity contribution in [3.05, 3.63) is 70.9 Å². The molecule has 2 heterocycles. The maximum absolute atomic E-state index is 12.6. The SMILES string of the molecule is C=C(/C=N\N(C)Cc1ccc(CN2C[C@@H]3C[C@@H]3C2=O)cc1)C(=O)NC1CCc2c1ccnc2N. The van der Waals surface area contributed by atoms with E-state index in [9.17, 15) is 9.59 Å². The van der Waals surface area contributed by atoms with Crippen LogP contribution in [-0.2, 0) is 29.1 Å². The summed E-state index contributed by atoms with van der Waals surface area (Å²) in [5, 5.41) is 9.15. The van der Waals surface area contributed by atoms with Gasteiger partial charge in [-0.3, -0.25) is 14.6 Å². The van der Waals surface area contributed by atoms with Crippen molar-refractivity contribution in [3.63, 3.8) is 0 Å². The zero-order chi connectivity index (χ0) is 23.8. The summed E-state index contributed by atoms with van der Waals surface area (Å²) in [6.45, 7) is 6.05. The van der Waals surface area contributed by atoms with Crippen molar-refractivity contribution in [3.8, 4) is 0 Å². The fourth-order valence-corrected chi connectivity index (χ4v) is 4.97. The Hall–Kier alpha value is -3.68. The lowest BCUT2D eigenvalue weighted by Gasteiger charge is -2.19. The number of rotatable bonds is 8. The van der Waals surface area contributed by atoms with Crippen molar-refractivity contribution in [2.75, 3.05) is 19.3 Å². The van der Waals surface area contributed by atoms with Crippen molar-refractivity contribution in [1.29, 1.82) is 0 Å². The van der Waals surface area contributed by atoms with Crippen molar-refractivity contribution in [1.82, 2.24) is 20.2 Å². The van der Waals surface area contributed by atoms with E-state index in [1.807, 2.05) is 18.0 Å². The molecule has 3 atom stereocenters.